The summed E-state index contributed by atoms with van der Waals surface area (Å²) in [6.45, 7) is 6.63. The molecule has 0 radical (unpaired) electrons. The predicted molar refractivity (Wildman–Crippen MR) is 125 cm³/mol. The zero-order valence-electron chi connectivity index (χ0n) is 18.8. The lowest BCUT2D eigenvalue weighted by Crippen LogP contribution is -2.54. The summed E-state index contributed by atoms with van der Waals surface area (Å²) >= 11 is 0. The largest absolute Gasteiger partial charge is 0.494 e. The first-order chi connectivity index (χ1) is 15.3. The van der Waals surface area contributed by atoms with Crippen molar-refractivity contribution < 1.29 is 14.6 Å². The predicted octanol–water partition coefficient (Wildman–Crippen LogP) is 3.32. The number of aliphatic hydroxyl groups is 1. The Morgan fingerprint density at radius 3 is 2.50 bits per heavy atom. The lowest BCUT2D eigenvalue weighted by molar-refractivity contribution is 0.0676. The number of amides is 1. The van der Waals surface area contributed by atoms with Gasteiger partial charge in [-0.15, -0.1) is 0 Å². The third-order valence-corrected chi connectivity index (χ3v) is 5.54. The molecule has 3 N–H and O–H groups in total. The number of carbonyl (C=O) groups is 1. The number of benzene rings is 2. The van der Waals surface area contributed by atoms with Crippen molar-refractivity contribution in [3.8, 4) is 17.1 Å². The van der Waals surface area contributed by atoms with E-state index in [1.54, 1.807) is 13.8 Å². The van der Waals surface area contributed by atoms with Crippen molar-refractivity contribution in [2.45, 2.75) is 51.3 Å². The van der Waals surface area contributed by atoms with Crippen LogP contribution in [-0.2, 0) is 0 Å². The Morgan fingerprint density at radius 1 is 1.09 bits per heavy atom. The highest BCUT2D eigenvalue weighted by Crippen LogP contribution is 2.25. The fourth-order valence-electron chi connectivity index (χ4n) is 3.80. The number of fused-ring (bicyclic) bond motifs is 1. The summed E-state index contributed by atoms with van der Waals surface area (Å²) in [7, 11) is 0. The second-order valence-electron chi connectivity index (χ2n) is 8.90. The number of aromatic nitrogens is 2. The Bertz CT molecular complexity index is 1090. The quantitative estimate of drug-likeness (QED) is 0.503. The van der Waals surface area contributed by atoms with Crippen molar-refractivity contribution >= 4 is 16.8 Å². The molecule has 4 rings (SSSR count). The summed E-state index contributed by atoms with van der Waals surface area (Å²) in [5, 5.41) is 17.0. The zero-order chi connectivity index (χ0) is 22.7. The molecule has 0 unspecified atom stereocenters. The molecule has 1 aliphatic rings. The van der Waals surface area contributed by atoms with Gasteiger partial charge in [0.25, 0.3) is 5.91 Å². The summed E-state index contributed by atoms with van der Waals surface area (Å²) in [4.78, 5) is 22.4. The van der Waals surface area contributed by atoms with E-state index in [4.69, 9.17) is 4.74 Å². The molecule has 168 valence electrons. The molecule has 0 bridgehead atoms. The molecule has 2 aromatic carbocycles. The highest BCUT2D eigenvalue weighted by atomic mass is 16.5. The van der Waals surface area contributed by atoms with Crippen LogP contribution in [0.5, 0.6) is 5.75 Å². The van der Waals surface area contributed by atoms with Crippen molar-refractivity contribution in [2.75, 3.05) is 13.2 Å². The highest BCUT2D eigenvalue weighted by Gasteiger charge is 2.32. The van der Waals surface area contributed by atoms with Gasteiger partial charge in [0, 0.05) is 29.6 Å². The number of rotatable bonds is 8. The van der Waals surface area contributed by atoms with E-state index in [0.717, 1.165) is 35.1 Å². The summed E-state index contributed by atoms with van der Waals surface area (Å²) in [5.41, 5.74) is 1.20. The fraction of sp³-hybridized carbons (Fsp3) is 0.400. The lowest BCUT2D eigenvalue weighted by Gasteiger charge is -2.37. The van der Waals surface area contributed by atoms with Crippen molar-refractivity contribution in [3.63, 3.8) is 0 Å². The van der Waals surface area contributed by atoms with Crippen molar-refractivity contribution in [2.24, 2.45) is 0 Å². The van der Waals surface area contributed by atoms with Gasteiger partial charge in [0.2, 0.25) is 0 Å². The molecule has 0 aliphatic heterocycles. The van der Waals surface area contributed by atoms with Gasteiger partial charge < -0.3 is 20.5 Å². The lowest BCUT2D eigenvalue weighted by atomic mass is 9.86. The van der Waals surface area contributed by atoms with E-state index in [2.05, 4.69) is 20.6 Å². The van der Waals surface area contributed by atoms with Crippen LogP contribution in [0.1, 0.15) is 44.1 Å². The Morgan fingerprint density at radius 2 is 1.81 bits per heavy atom. The number of hydrogen-bond donors (Lipinski definition) is 3. The highest BCUT2D eigenvalue weighted by molar-refractivity contribution is 6.05. The zero-order valence-corrected chi connectivity index (χ0v) is 18.8. The summed E-state index contributed by atoms with van der Waals surface area (Å²) in [5.74, 6) is 1.10. The molecule has 1 fully saturated rings. The van der Waals surface area contributed by atoms with E-state index >= 15 is 0 Å². The third kappa shape index (κ3) is 5.23. The molecule has 1 heterocycles. The van der Waals surface area contributed by atoms with Crippen molar-refractivity contribution in [1.82, 2.24) is 20.6 Å². The van der Waals surface area contributed by atoms with Gasteiger partial charge in [-0.05, 0) is 63.9 Å². The molecule has 1 aliphatic carbocycles. The molecule has 0 saturated heterocycles. The second kappa shape index (κ2) is 9.22. The van der Waals surface area contributed by atoms with Gasteiger partial charge in [-0.3, -0.25) is 4.79 Å². The maximum absolute atomic E-state index is 13.1. The second-order valence-corrected chi connectivity index (χ2v) is 8.90. The Balaban J connectivity index is 1.51. The van der Waals surface area contributed by atoms with Crippen LogP contribution in [-0.4, -0.2) is 51.8 Å². The van der Waals surface area contributed by atoms with E-state index in [9.17, 15) is 9.90 Å². The van der Waals surface area contributed by atoms with Crippen LogP contribution < -0.4 is 15.4 Å². The number of para-hydroxylation sites is 1. The molecule has 1 amide bonds. The van der Waals surface area contributed by atoms with Gasteiger partial charge in [0.1, 0.15) is 11.4 Å². The van der Waals surface area contributed by atoms with Crippen LogP contribution in [0.2, 0.25) is 0 Å². The number of ether oxygens (including phenoxy) is 1. The maximum Gasteiger partial charge on any atom is 0.270 e. The van der Waals surface area contributed by atoms with E-state index in [1.807, 2.05) is 55.5 Å². The Hall–Kier alpha value is -3.03. The average molecular weight is 435 g/mol. The number of carbonyl (C=O) groups excluding carboxylic acids is 1. The molecule has 0 atom stereocenters. The molecule has 3 aromatic rings. The molecular weight excluding hydrogens is 404 g/mol. The minimum absolute atomic E-state index is 0.0875. The van der Waals surface area contributed by atoms with E-state index < -0.39 is 5.60 Å². The van der Waals surface area contributed by atoms with Gasteiger partial charge in [-0.2, -0.15) is 0 Å². The van der Waals surface area contributed by atoms with Gasteiger partial charge >= 0.3 is 0 Å². The smallest absolute Gasteiger partial charge is 0.270 e. The van der Waals surface area contributed by atoms with Gasteiger partial charge in [0.15, 0.2) is 5.82 Å². The molecule has 32 heavy (non-hydrogen) atoms. The van der Waals surface area contributed by atoms with Gasteiger partial charge in [-0.25, -0.2) is 9.97 Å². The van der Waals surface area contributed by atoms with Gasteiger partial charge in [0.05, 0.1) is 17.7 Å². The summed E-state index contributed by atoms with van der Waals surface area (Å²) < 4.78 is 5.51. The maximum atomic E-state index is 13.1. The first kappa shape index (κ1) is 22.2. The van der Waals surface area contributed by atoms with Crippen LogP contribution in [0.25, 0.3) is 22.3 Å². The molecule has 7 heteroatoms. The summed E-state index contributed by atoms with van der Waals surface area (Å²) in [6, 6.07) is 15.5. The van der Waals surface area contributed by atoms with Crippen LogP contribution >= 0.6 is 0 Å². The van der Waals surface area contributed by atoms with Crippen molar-refractivity contribution in [1.29, 1.82) is 0 Å². The Labute approximate surface area is 188 Å². The average Bonchev–Trinajstić information content (AvgIpc) is 2.74. The molecule has 1 saturated carbocycles. The van der Waals surface area contributed by atoms with Crippen LogP contribution in [0.4, 0.5) is 0 Å². The standard InChI is InChI=1S/C25H30N4O3/c1-4-32-19-11-9-16(10-12-19)23-28-21-8-6-5-7-20(21)22(29-23)24(30)27-18-13-17(14-18)26-15-25(2,3)31/h5-12,17-18,26,31H,4,13-15H2,1-3H3,(H,27,30). The number of hydrogen-bond acceptors (Lipinski definition) is 6. The normalized spacial score (nSPS) is 18.2. The molecule has 0 spiro atoms. The van der Waals surface area contributed by atoms with Crippen molar-refractivity contribution in [3.05, 3.63) is 54.2 Å². The first-order valence-corrected chi connectivity index (χ1v) is 11.1. The minimum Gasteiger partial charge on any atom is -0.494 e. The van der Waals surface area contributed by atoms with Crippen LogP contribution in [0.3, 0.4) is 0 Å². The minimum atomic E-state index is -0.745. The number of nitrogens with zero attached hydrogens (tertiary/aromatic N) is 2. The molecular formula is C25H30N4O3. The molecule has 1 aromatic heterocycles. The topological polar surface area (TPSA) is 96.4 Å². The van der Waals surface area contributed by atoms with Gasteiger partial charge in [-0.1, -0.05) is 18.2 Å². The van der Waals surface area contributed by atoms with Crippen LogP contribution in [0.15, 0.2) is 48.5 Å². The first-order valence-electron chi connectivity index (χ1n) is 11.1. The molecule has 7 nitrogen and oxygen atoms in total. The van der Waals surface area contributed by atoms with Crippen LogP contribution in [0, 0.1) is 0 Å². The number of nitrogens with one attached hydrogen (secondary N) is 2. The third-order valence-electron chi connectivity index (χ3n) is 5.54. The van der Waals surface area contributed by atoms with E-state index in [1.165, 1.54) is 0 Å². The SMILES string of the molecule is CCOc1ccc(-c2nc(C(=O)NC3CC(NCC(C)(C)O)C3)c3ccccc3n2)cc1. The summed E-state index contributed by atoms with van der Waals surface area (Å²) in [6.07, 6.45) is 1.66. The fourth-order valence-corrected chi connectivity index (χ4v) is 3.80. The Kier molecular flexibility index (Phi) is 6.39. The van der Waals surface area contributed by atoms with E-state index in [0.29, 0.717) is 30.7 Å². The monoisotopic (exact) mass is 434 g/mol. The van der Waals surface area contributed by atoms with E-state index in [-0.39, 0.29) is 11.9 Å².